The van der Waals surface area contributed by atoms with E-state index in [-0.39, 0.29) is 18.6 Å². The van der Waals surface area contributed by atoms with Crippen LogP contribution in [0.5, 0.6) is 0 Å². The van der Waals surface area contributed by atoms with Gasteiger partial charge in [-0.05, 0) is 12.5 Å². The van der Waals surface area contributed by atoms with E-state index in [2.05, 4.69) is 25.6 Å². The molecular weight excluding hydrogens is 412 g/mol. The van der Waals surface area contributed by atoms with Gasteiger partial charge in [0.25, 0.3) is 5.91 Å². The lowest BCUT2D eigenvalue weighted by molar-refractivity contribution is 0.0791. The number of aliphatic hydroxyl groups excluding tert-OH is 1. The first-order valence-corrected chi connectivity index (χ1v) is 10.2. The van der Waals surface area contributed by atoms with E-state index in [0.29, 0.717) is 47.3 Å². The average Bonchev–Trinajstić information content (AvgIpc) is 3.60. The first kappa shape index (κ1) is 19.9. The van der Waals surface area contributed by atoms with Crippen molar-refractivity contribution in [3.8, 4) is 22.5 Å². The summed E-state index contributed by atoms with van der Waals surface area (Å²) in [5.74, 6) is 0.644. The molecule has 4 aromatic rings. The molecule has 0 saturated carbocycles. The maximum atomic E-state index is 12.5. The fourth-order valence-corrected chi connectivity index (χ4v) is 3.79. The van der Waals surface area contributed by atoms with Crippen LogP contribution in [0.25, 0.3) is 22.5 Å². The highest BCUT2D eigenvalue weighted by Gasteiger charge is 2.28. The van der Waals surface area contributed by atoms with Crippen LogP contribution in [-0.4, -0.2) is 55.3 Å². The van der Waals surface area contributed by atoms with E-state index in [4.69, 9.17) is 9.05 Å². The molecule has 1 aliphatic heterocycles. The van der Waals surface area contributed by atoms with Crippen molar-refractivity contribution in [1.82, 2.24) is 25.2 Å². The predicted octanol–water partition coefficient (Wildman–Crippen LogP) is 2.61. The maximum Gasteiger partial charge on any atom is 0.258 e. The van der Waals surface area contributed by atoms with Crippen LogP contribution in [-0.2, 0) is 6.61 Å². The normalized spacial score (nSPS) is 15.8. The largest absolute Gasteiger partial charge is 0.388 e. The quantitative estimate of drug-likeness (QED) is 0.472. The Balaban J connectivity index is 1.36. The highest BCUT2D eigenvalue weighted by atomic mass is 16.5. The van der Waals surface area contributed by atoms with E-state index < -0.39 is 0 Å². The van der Waals surface area contributed by atoms with Crippen LogP contribution in [0.4, 0.5) is 5.95 Å². The van der Waals surface area contributed by atoms with E-state index in [1.807, 2.05) is 30.3 Å². The zero-order chi connectivity index (χ0) is 21.9. The summed E-state index contributed by atoms with van der Waals surface area (Å²) in [4.78, 5) is 23.2. The van der Waals surface area contributed by atoms with Crippen molar-refractivity contribution in [2.24, 2.45) is 0 Å². The minimum Gasteiger partial charge on any atom is -0.388 e. The second kappa shape index (κ2) is 8.60. The number of likely N-dealkylation sites (tertiary alicyclic amines) is 1. The fourth-order valence-electron chi connectivity index (χ4n) is 3.79. The smallest absolute Gasteiger partial charge is 0.258 e. The molecular formula is C22H20N6O4. The van der Waals surface area contributed by atoms with Crippen molar-refractivity contribution in [1.29, 1.82) is 0 Å². The van der Waals surface area contributed by atoms with Crippen LogP contribution in [0.15, 0.2) is 64.1 Å². The van der Waals surface area contributed by atoms with Gasteiger partial charge in [-0.25, -0.2) is 9.97 Å². The fraction of sp³-hybridized carbons (Fsp3) is 0.227. The number of benzene rings is 1. The van der Waals surface area contributed by atoms with Gasteiger partial charge in [0.2, 0.25) is 5.95 Å². The summed E-state index contributed by atoms with van der Waals surface area (Å²) in [6, 6.07) is 11.3. The number of anilines is 1. The number of hydrogen-bond donors (Lipinski definition) is 2. The monoisotopic (exact) mass is 432 g/mol. The SMILES string of the molecule is O=C(c1cnoc1)N1CC[C@H](Nc2nccc(-c3c(-c4ccccc4)noc3CO)n2)C1. The lowest BCUT2D eigenvalue weighted by atomic mass is 10.0. The average molecular weight is 432 g/mol. The Morgan fingerprint density at radius 3 is 2.91 bits per heavy atom. The van der Waals surface area contributed by atoms with Crippen molar-refractivity contribution < 1.29 is 18.9 Å². The third-order valence-corrected chi connectivity index (χ3v) is 5.35. The molecule has 0 unspecified atom stereocenters. The van der Waals surface area contributed by atoms with Gasteiger partial charge in [-0.2, -0.15) is 0 Å². The van der Waals surface area contributed by atoms with Crippen molar-refractivity contribution in [2.75, 3.05) is 18.4 Å². The molecule has 0 aliphatic carbocycles. The Kier molecular flexibility index (Phi) is 5.34. The van der Waals surface area contributed by atoms with E-state index in [0.717, 1.165) is 12.0 Å². The van der Waals surface area contributed by atoms with Gasteiger partial charge in [-0.3, -0.25) is 4.79 Å². The van der Waals surface area contributed by atoms with E-state index in [1.165, 1.54) is 12.5 Å². The number of aliphatic hydroxyl groups is 1. The second-order valence-corrected chi connectivity index (χ2v) is 7.41. The van der Waals surface area contributed by atoms with Gasteiger partial charge in [0, 0.05) is 30.9 Å². The maximum absolute atomic E-state index is 12.5. The molecule has 0 bridgehead atoms. The Hall–Kier alpha value is -4.05. The lowest BCUT2D eigenvalue weighted by Crippen LogP contribution is -2.31. The number of carbonyl (C=O) groups excluding carboxylic acids is 1. The van der Waals surface area contributed by atoms with Gasteiger partial charge in [-0.15, -0.1) is 0 Å². The van der Waals surface area contributed by atoms with Gasteiger partial charge in [0.1, 0.15) is 18.6 Å². The first-order chi connectivity index (χ1) is 15.7. The molecule has 4 heterocycles. The molecule has 0 spiro atoms. The Morgan fingerprint density at radius 1 is 1.25 bits per heavy atom. The highest BCUT2D eigenvalue weighted by molar-refractivity contribution is 5.93. The number of carbonyl (C=O) groups is 1. The molecule has 1 aromatic carbocycles. The summed E-state index contributed by atoms with van der Waals surface area (Å²) in [5, 5.41) is 20.8. The molecule has 1 amide bonds. The van der Waals surface area contributed by atoms with Crippen molar-refractivity contribution in [3.05, 3.63) is 66.4 Å². The summed E-state index contributed by atoms with van der Waals surface area (Å²) >= 11 is 0. The number of aromatic nitrogens is 4. The van der Waals surface area contributed by atoms with Crippen molar-refractivity contribution in [2.45, 2.75) is 19.1 Å². The van der Waals surface area contributed by atoms with E-state index >= 15 is 0 Å². The number of amides is 1. The zero-order valence-electron chi connectivity index (χ0n) is 17.0. The second-order valence-electron chi connectivity index (χ2n) is 7.41. The third-order valence-electron chi connectivity index (χ3n) is 5.35. The summed E-state index contributed by atoms with van der Waals surface area (Å²) < 4.78 is 10.1. The highest BCUT2D eigenvalue weighted by Crippen LogP contribution is 2.34. The van der Waals surface area contributed by atoms with Gasteiger partial charge < -0.3 is 24.4 Å². The Morgan fingerprint density at radius 2 is 2.12 bits per heavy atom. The summed E-state index contributed by atoms with van der Waals surface area (Å²) in [6.07, 6.45) is 5.16. The van der Waals surface area contributed by atoms with Gasteiger partial charge in [-0.1, -0.05) is 40.6 Å². The van der Waals surface area contributed by atoms with Crippen LogP contribution in [0.3, 0.4) is 0 Å². The summed E-state index contributed by atoms with van der Waals surface area (Å²) in [7, 11) is 0. The van der Waals surface area contributed by atoms with Gasteiger partial charge >= 0.3 is 0 Å². The van der Waals surface area contributed by atoms with E-state index in [9.17, 15) is 9.90 Å². The molecule has 1 fully saturated rings. The molecule has 5 rings (SSSR count). The summed E-state index contributed by atoms with van der Waals surface area (Å²) in [5.41, 5.74) is 3.10. The molecule has 1 atom stereocenters. The molecule has 3 aromatic heterocycles. The molecule has 2 N–H and O–H groups in total. The Labute approximate surface area is 182 Å². The standard InChI is InChI=1S/C22H20N6O4/c29-12-18-19(20(27-32-18)14-4-2-1-3-5-14)17-6-8-23-22(26-17)25-16-7-9-28(11-16)21(30)15-10-24-31-13-15/h1-6,8,10,13,16,29H,7,9,11-12H2,(H,23,25,26)/t16-/m0/s1. The zero-order valence-corrected chi connectivity index (χ0v) is 17.0. The molecule has 0 radical (unpaired) electrons. The predicted molar refractivity (Wildman–Crippen MR) is 113 cm³/mol. The van der Waals surface area contributed by atoms with Crippen LogP contribution in [0.1, 0.15) is 22.5 Å². The molecule has 32 heavy (non-hydrogen) atoms. The minimum absolute atomic E-state index is 0.00226. The molecule has 10 heteroatoms. The van der Waals surface area contributed by atoms with Crippen molar-refractivity contribution >= 4 is 11.9 Å². The molecule has 1 aliphatic rings. The topological polar surface area (TPSA) is 130 Å². The third kappa shape index (κ3) is 3.83. The Bertz CT molecular complexity index is 1210. The number of nitrogens with one attached hydrogen (secondary N) is 1. The number of nitrogens with zero attached hydrogens (tertiary/aromatic N) is 5. The molecule has 1 saturated heterocycles. The first-order valence-electron chi connectivity index (χ1n) is 10.2. The molecule has 162 valence electrons. The minimum atomic E-state index is -0.301. The van der Waals surface area contributed by atoms with Crippen molar-refractivity contribution in [3.63, 3.8) is 0 Å². The molecule has 10 nitrogen and oxygen atoms in total. The summed E-state index contributed by atoms with van der Waals surface area (Å²) in [6.45, 7) is 0.826. The van der Waals surface area contributed by atoms with Crippen LogP contribution in [0.2, 0.25) is 0 Å². The number of hydrogen-bond acceptors (Lipinski definition) is 9. The van der Waals surface area contributed by atoms with E-state index in [1.54, 1.807) is 17.2 Å². The van der Waals surface area contributed by atoms with Crippen LogP contribution < -0.4 is 5.32 Å². The van der Waals surface area contributed by atoms with Crippen LogP contribution >= 0.6 is 0 Å². The lowest BCUT2D eigenvalue weighted by Gasteiger charge is -2.16. The van der Waals surface area contributed by atoms with Gasteiger partial charge in [0.15, 0.2) is 5.76 Å². The van der Waals surface area contributed by atoms with Crippen LogP contribution in [0, 0.1) is 0 Å². The number of rotatable bonds is 6. The van der Waals surface area contributed by atoms with Gasteiger partial charge in [0.05, 0.1) is 23.0 Å².